The van der Waals surface area contributed by atoms with E-state index >= 15 is 0 Å². The average Bonchev–Trinajstić information content (AvgIpc) is 2.33. The molecule has 5 nitrogen and oxygen atoms in total. The van der Waals surface area contributed by atoms with Crippen molar-refractivity contribution in [3.05, 3.63) is 0 Å². The van der Waals surface area contributed by atoms with Gasteiger partial charge in [-0.2, -0.15) is 0 Å². The quantitative estimate of drug-likeness (QED) is 0.513. The maximum Gasteiger partial charge on any atom is 0.330 e. The largest absolute Gasteiger partial charge is 0.391 e. The number of carbonyl (C=O) groups excluding carboxylic acids is 2. The lowest BCUT2D eigenvalue weighted by atomic mass is 10.0. The molecule has 0 unspecified atom stereocenters. The SMILES string of the molecule is CCCC[C@H](N)C(=O)OC(=O)[C@@H](N)[C@@H](C)CC. The van der Waals surface area contributed by atoms with E-state index in [9.17, 15) is 9.59 Å². The zero-order valence-electron chi connectivity index (χ0n) is 10.9. The van der Waals surface area contributed by atoms with E-state index in [2.05, 4.69) is 4.74 Å². The van der Waals surface area contributed by atoms with Gasteiger partial charge in [0, 0.05) is 0 Å². The predicted molar refractivity (Wildman–Crippen MR) is 66.0 cm³/mol. The molecule has 0 heterocycles. The standard InChI is InChI=1S/C12H24N2O3/c1-4-6-7-9(13)11(15)17-12(16)10(14)8(3)5-2/h8-10H,4-7,13-14H2,1-3H3/t8-,9-,10-/m0/s1. The van der Waals surface area contributed by atoms with Gasteiger partial charge in [-0.05, 0) is 12.3 Å². The Labute approximate surface area is 103 Å². The number of carbonyl (C=O) groups is 2. The van der Waals surface area contributed by atoms with Crippen molar-refractivity contribution in [2.24, 2.45) is 17.4 Å². The number of rotatable bonds is 7. The van der Waals surface area contributed by atoms with Gasteiger partial charge in [0.15, 0.2) is 0 Å². The monoisotopic (exact) mass is 244 g/mol. The van der Waals surface area contributed by atoms with Crippen LogP contribution in [0.3, 0.4) is 0 Å². The van der Waals surface area contributed by atoms with Crippen LogP contribution in [0, 0.1) is 5.92 Å². The van der Waals surface area contributed by atoms with E-state index in [1.54, 1.807) is 0 Å². The van der Waals surface area contributed by atoms with Crippen molar-refractivity contribution in [1.82, 2.24) is 0 Å². The summed E-state index contributed by atoms with van der Waals surface area (Å²) in [6.07, 6.45) is 3.07. The fraction of sp³-hybridized carbons (Fsp3) is 0.833. The van der Waals surface area contributed by atoms with Crippen molar-refractivity contribution in [3.63, 3.8) is 0 Å². The van der Waals surface area contributed by atoms with E-state index in [0.717, 1.165) is 19.3 Å². The Morgan fingerprint density at radius 3 is 2.24 bits per heavy atom. The molecule has 0 radical (unpaired) electrons. The molecule has 0 aromatic rings. The average molecular weight is 244 g/mol. The van der Waals surface area contributed by atoms with Crippen LogP contribution >= 0.6 is 0 Å². The van der Waals surface area contributed by atoms with Gasteiger partial charge in [0.1, 0.15) is 12.1 Å². The van der Waals surface area contributed by atoms with E-state index < -0.39 is 24.0 Å². The minimum absolute atomic E-state index is 0.0119. The number of ether oxygens (including phenoxy) is 1. The third kappa shape index (κ3) is 5.79. The Balaban J connectivity index is 4.15. The fourth-order valence-corrected chi connectivity index (χ4v) is 1.27. The molecule has 0 rings (SSSR count). The Hall–Kier alpha value is -0.940. The number of nitrogens with two attached hydrogens (primary N) is 2. The first-order valence-corrected chi connectivity index (χ1v) is 6.20. The molecule has 100 valence electrons. The number of hydrogen-bond acceptors (Lipinski definition) is 5. The second-order valence-corrected chi connectivity index (χ2v) is 4.40. The van der Waals surface area contributed by atoms with Gasteiger partial charge in [0.2, 0.25) is 0 Å². The molecule has 4 N–H and O–H groups in total. The molecule has 0 saturated heterocycles. The number of hydrogen-bond donors (Lipinski definition) is 2. The summed E-state index contributed by atoms with van der Waals surface area (Å²) in [6, 6.07) is -1.50. The van der Waals surface area contributed by atoms with Gasteiger partial charge >= 0.3 is 11.9 Å². The van der Waals surface area contributed by atoms with Gasteiger partial charge in [0.25, 0.3) is 0 Å². The van der Waals surface area contributed by atoms with Crippen LogP contribution in [0.1, 0.15) is 46.5 Å². The molecule has 0 aliphatic carbocycles. The van der Waals surface area contributed by atoms with Gasteiger partial charge in [-0.1, -0.05) is 40.0 Å². The second kappa shape index (κ2) is 8.20. The zero-order chi connectivity index (χ0) is 13.4. The van der Waals surface area contributed by atoms with Gasteiger partial charge in [-0.25, -0.2) is 9.59 Å². The summed E-state index contributed by atoms with van der Waals surface area (Å²) in [7, 11) is 0. The molecular formula is C12H24N2O3. The van der Waals surface area contributed by atoms with E-state index in [-0.39, 0.29) is 5.92 Å². The first-order valence-electron chi connectivity index (χ1n) is 6.20. The van der Waals surface area contributed by atoms with Crippen LogP contribution in [0.2, 0.25) is 0 Å². The van der Waals surface area contributed by atoms with Gasteiger partial charge in [-0.15, -0.1) is 0 Å². The molecule has 0 fully saturated rings. The van der Waals surface area contributed by atoms with E-state index in [4.69, 9.17) is 11.5 Å². The summed E-state index contributed by atoms with van der Waals surface area (Å²) in [5.41, 5.74) is 11.2. The highest BCUT2D eigenvalue weighted by atomic mass is 16.6. The molecule has 0 aromatic heterocycles. The van der Waals surface area contributed by atoms with Crippen molar-refractivity contribution >= 4 is 11.9 Å². The highest BCUT2D eigenvalue weighted by Crippen LogP contribution is 2.08. The Morgan fingerprint density at radius 1 is 1.18 bits per heavy atom. The Kier molecular flexibility index (Phi) is 7.74. The van der Waals surface area contributed by atoms with Crippen molar-refractivity contribution in [2.75, 3.05) is 0 Å². The lowest BCUT2D eigenvalue weighted by Gasteiger charge is -2.17. The van der Waals surface area contributed by atoms with Crippen LogP contribution in [0.4, 0.5) is 0 Å². The third-order valence-electron chi connectivity index (χ3n) is 2.90. The summed E-state index contributed by atoms with van der Waals surface area (Å²) in [5.74, 6) is -1.37. The Morgan fingerprint density at radius 2 is 1.76 bits per heavy atom. The molecule has 5 heteroatoms. The Bertz CT molecular complexity index is 256. The van der Waals surface area contributed by atoms with Crippen molar-refractivity contribution in [3.8, 4) is 0 Å². The van der Waals surface area contributed by atoms with Crippen molar-refractivity contribution < 1.29 is 14.3 Å². The van der Waals surface area contributed by atoms with Crippen LogP contribution in [-0.4, -0.2) is 24.0 Å². The highest BCUT2D eigenvalue weighted by Gasteiger charge is 2.25. The number of unbranched alkanes of at least 4 members (excludes halogenated alkanes) is 1. The summed E-state index contributed by atoms with van der Waals surface area (Å²) in [5, 5.41) is 0. The topological polar surface area (TPSA) is 95.4 Å². The summed E-state index contributed by atoms with van der Waals surface area (Å²) in [4.78, 5) is 23.0. The first-order chi connectivity index (χ1) is 7.93. The summed E-state index contributed by atoms with van der Waals surface area (Å²) in [6.45, 7) is 5.77. The highest BCUT2D eigenvalue weighted by molar-refractivity contribution is 5.90. The molecule has 0 amide bonds. The minimum Gasteiger partial charge on any atom is -0.391 e. The molecule has 0 aliphatic rings. The number of esters is 2. The predicted octanol–water partition coefficient (Wildman–Crippen LogP) is 0.947. The third-order valence-corrected chi connectivity index (χ3v) is 2.90. The van der Waals surface area contributed by atoms with Gasteiger partial charge in [0.05, 0.1) is 0 Å². The molecule has 17 heavy (non-hydrogen) atoms. The van der Waals surface area contributed by atoms with Crippen molar-refractivity contribution in [2.45, 2.75) is 58.5 Å². The molecule has 0 aliphatic heterocycles. The normalized spacial score (nSPS) is 16.1. The van der Waals surface area contributed by atoms with Crippen LogP contribution in [-0.2, 0) is 14.3 Å². The van der Waals surface area contributed by atoms with Crippen LogP contribution < -0.4 is 11.5 Å². The smallest absolute Gasteiger partial charge is 0.330 e. The van der Waals surface area contributed by atoms with Gasteiger partial charge in [-0.3, -0.25) is 0 Å². The van der Waals surface area contributed by atoms with Crippen molar-refractivity contribution in [1.29, 1.82) is 0 Å². The molecular weight excluding hydrogens is 220 g/mol. The lowest BCUT2D eigenvalue weighted by molar-refractivity contribution is -0.162. The molecule has 0 aromatic carbocycles. The minimum atomic E-state index is -0.762. The fourth-order valence-electron chi connectivity index (χ4n) is 1.27. The van der Waals surface area contributed by atoms with Crippen LogP contribution in [0.15, 0.2) is 0 Å². The van der Waals surface area contributed by atoms with Crippen LogP contribution in [0.5, 0.6) is 0 Å². The maximum atomic E-state index is 11.5. The molecule has 3 atom stereocenters. The molecule has 0 spiro atoms. The van der Waals surface area contributed by atoms with E-state index in [0.29, 0.717) is 6.42 Å². The maximum absolute atomic E-state index is 11.5. The summed E-state index contributed by atoms with van der Waals surface area (Å²) >= 11 is 0. The summed E-state index contributed by atoms with van der Waals surface area (Å²) < 4.78 is 4.67. The first kappa shape index (κ1) is 16.1. The molecule has 0 saturated carbocycles. The second-order valence-electron chi connectivity index (χ2n) is 4.40. The van der Waals surface area contributed by atoms with E-state index in [1.807, 2.05) is 20.8 Å². The molecule has 0 bridgehead atoms. The van der Waals surface area contributed by atoms with Gasteiger partial charge < -0.3 is 16.2 Å². The lowest BCUT2D eigenvalue weighted by Crippen LogP contribution is -2.42. The van der Waals surface area contributed by atoms with Crippen LogP contribution in [0.25, 0.3) is 0 Å². The zero-order valence-corrected chi connectivity index (χ0v) is 10.9. The van der Waals surface area contributed by atoms with E-state index in [1.165, 1.54) is 0 Å².